The standard InChI is InChI=1S/C75H146O17P2/c1-7-9-11-13-15-17-19-21-23-25-33-39-45-51-57-72(77)85-63-70(91-74(79)59-53-47-41-35-26-24-22-20-18-16-14-12-10-8-2)65-89-93(81,82)87-61-69(76)62-88-94(83,84)90-66-71(92-75(80)60-54-48-42-36-30-28-32-38-44-50-56-68(5)6)64-86-73(78)58-52-46-40-34-29-27-31-37-43-49-55-67(3)4/h67-71,76H,7-66H2,1-6H3,(H,81,82)(H,83,84)/t69-,70-,71-/m1/s1. The number of unbranched alkanes of at least 4 members (excludes halogenated alkanes) is 44. The molecule has 0 aliphatic heterocycles. The minimum Gasteiger partial charge on any atom is -0.462 e. The van der Waals surface area contributed by atoms with Crippen LogP contribution in [0.5, 0.6) is 0 Å². The van der Waals surface area contributed by atoms with Gasteiger partial charge in [-0.3, -0.25) is 37.3 Å². The third-order valence-electron chi connectivity index (χ3n) is 17.5. The van der Waals surface area contributed by atoms with Gasteiger partial charge in [-0.25, -0.2) is 9.13 Å². The summed E-state index contributed by atoms with van der Waals surface area (Å²) in [5.41, 5.74) is 0. The first-order chi connectivity index (χ1) is 45.4. The fraction of sp³-hybridized carbons (Fsp3) is 0.947. The van der Waals surface area contributed by atoms with E-state index in [2.05, 4.69) is 41.5 Å². The number of esters is 4. The van der Waals surface area contributed by atoms with Crippen molar-refractivity contribution in [2.24, 2.45) is 11.8 Å². The van der Waals surface area contributed by atoms with Crippen molar-refractivity contribution in [3.8, 4) is 0 Å². The molecule has 0 fully saturated rings. The maximum absolute atomic E-state index is 13.1. The average molecular weight is 1380 g/mol. The van der Waals surface area contributed by atoms with E-state index < -0.39 is 97.5 Å². The third-order valence-corrected chi connectivity index (χ3v) is 19.4. The van der Waals surface area contributed by atoms with E-state index in [-0.39, 0.29) is 25.7 Å². The summed E-state index contributed by atoms with van der Waals surface area (Å²) in [6.07, 6.45) is 53.9. The number of rotatable bonds is 74. The minimum absolute atomic E-state index is 0.106. The van der Waals surface area contributed by atoms with Crippen molar-refractivity contribution in [2.45, 2.75) is 407 Å². The second kappa shape index (κ2) is 66.9. The van der Waals surface area contributed by atoms with E-state index >= 15 is 0 Å². The number of hydrogen-bond donors (Lipinski definition) is 3. The van der Waals surface area contributed by atoms with Crippen LogP contribution in [0.25, 0.3) is 0 Å². The largest absolute Gasteiger partial charge is 0.472 e. The molecule has 0 heterocycles. The van der Waals surface area contributed by atoms with Crippen LogP contribution in [0.3, 0.4) is 0 Å². The van der Waals surface area contributed by atoms with Crippen LogP contribution in [0.4, 0.5) is 0 Å². The van der Waals surface area contributed by atoms with Crippen LogP contribution in [0, 0.1) is 11.8 Å². The van der Waals surface area contributed by atoms with Crippen molar-refractivity contribution in [1.29, 1.82) is 0 Å². The molecule has 0 aromatic rings. The lowest BCUT2D eigenvalue weighted by Gasteiger charge is -2.21. The van der Waals surface area contributed by atoms with Gasteiger partial charge in [0.1, 0.15) is 19.3 Å². The minimum atomic E-state index is -4.96. The predicted molar refractivity (Wildman–Crippen MR) is 381 cm³/mol. The Hall–Kier alpha value is -1.94. The highest BCUT2D eigenvalue weighted by Crippen LogP contribution is 2.45. The van der Waals surface area contributed by atoms with Crippen LogP contribution in [-0.2, 0) is 65.4 Å². The monoisotopic (exact) mass is 1380 g/mol. The lowest BCUT2D eigenvalue weighted by molar-refractivity contribution is -0.161. The van der Waals surface area contributed by atoms with Crippen LogP contribution in [-0.4, -0.2) is 96.7 Å². The van der Waals surface area contributed by atoms with Crippen LogP contribution in [0.15, 0.2) is 0 Å². The smallest absolute Gasteiger partial charge is 0.462 e. The Labute approximate surface area is 575 Å². The summed E-state index contributed by atoms with van der Waals surface area (Å²) >= 11 is 0. The Morgan fingerprint density at radius 3 is 0.723 bits per heavy atom. The first kappa shape index (κ1) is 92.1. The van der Waals surface area contributed by atoms with E-state index in [1.807, 2.05) is 0 Å². The molecule has 0 aromatic carbocycles. The van der Waals surface area contributed by atoms with Gasteiger partial charge in [0.05, 0.1) is 26.4 Å². The third kappa shape index (κ3) is 68.6. The zero-order valence-electron chi connectivity index (χ0n) is 61.3. The zero-order chi connectivity index (χ0) is 69.3. The lowest BCUT2D eigenvalue weighted by atomic mass is 10.0. The van der Waals surface area contributed by atoms with Gasteiger partial charge in [0.15, 0.2) is 12.2 Å². The summed E-state index contributed by atoms with van der Waals surface area (Å²) < 4.78 is 68.5. The van der Waals surface area contributed by atoms with Crippen LogP contribution >= 0.6 is 15.6 Å². The zero-order valence-corrected chi connectivity index (χ0v) is 63.1. The molecule has 19 heteroatoms. The van der Waals surface area contributed by atoms with Crippen molar-refractivity contribution in [3.63, 3.8) is 0 Å². The molecular formula is C75H146O17P2. The Morgan fingerprint density at radius 1 is 0.287 bits per heavy atom. The molecule has 0 amide bonds. The van der Waals surface area contributed by atoms with Crippen LogP contribution < -0.4 is 0 Å². The summed E-state index contributed by atoms with van der Waals surface area (Å²) in [5, 5.41) is 10.6. The van der Waals surface area contributed by atoms with E-state index in [4.69, 9.17) is 37.0 Å². The van der Waals surface area contributed by atoms with Crippen molar-refractivity contribution in [3.05, 3.63) is 0 Å². The van der Waals surface area contributed by atoms with E-state index in [9.17, 15) is 43.2 Å². The highest BCUT2D eigenvalue weighted by atomic mass is 31.2. The number of carbonyl (C=O) groups excluding carboxylic acids is 4. The second-order valence-corrected chi connectivity index (χ2v) is 30.9. The Bertz CT molecular complexity index is 1820. The molecule has 0 aliphatic rings. The number of aliphatic hydroxyl groups excluding tert-OH is 1. The molecule has 0 bridgehead atoms. The number of phosphoric ester groups is 2. The molecule has 17 nitrogen and oxygen atoms in total. The summed E-state index contributed by atoms with van der Waals surface area (Å²) in [5.74, 6) is -0.604. The maximum Gasteiger partial charge on any atom is 0.472 e. The molecule has 5 atom stereocenters. The fourth-order valence-electron chi connectivity index (χ4n) is 11.5. The summed E-state index contributed by atoms with van der Waals surface area (Å²) in [6, 6.07) is 0. The first-order valence-corrected chi connectivity index (χ1v) is 42.0. The molecule has 0 rings (SSSR count). The number of hydrogen-bond acceptors (Lipinski definition) is 15. The number of phosphoric acid groups is 2. The van der Waals surface area contributed by atoms with Crippen LogP contribution in [0.2, 0.25) is 0 Å². The predicted octanol–water partition coefficient (Wildman–Crippen LogP) is 21.9. The van der Waals surface area contributed by atoms with Crippen molar-refractivity contribution < 1.29 is 80.2 Å². The molecule has 0 aromatic heterocycles. The first-order valence-electron chi connectivity index (χ1n) is 39.0. The molecule has 0 saturated carbocycles. The molecule has 3 N–H and O–H groups in total. The van der Waals surface area contributed by atoms with Gasteiger partial charge in [-0.1, -0.05) is 337 Å². The molecular weight excluding hydrogens is 1230 g/mol. The van der Waals surface area contributed by atoms with E-state index in [0.29, 0.717) is 25.7 Å². The molecule has 2 unspecified atom stereocenters. The van der Waals surface area contributed by atoms with Gasteiger partial charge in [0.2, 0.25) is 0 Å². The number of aliphatic hydroxyl groups is 1. The Morgan fingerprint density at radius 2 is 0.489 bits per heavy atom. The number of carbonyl (C=O) groups is 4. The van der Waals surface area contributed by atoms with E-state index in [0.717, 1.165) is 102 Å². The SMILES string of the molecule is CCCCCCCCCCCCCCCCC(=O)OC[C@H](COP(=O)(O)OC[C@@H](O)COP(=O)(O)OC[C@@H](COC(=O)CCCCCCCCCCCCC(C)C)OC(=O)CCCCCCCCCCCCC(C)C)OC(=O)CCCCCCCCCCCCCCCC. The van der Waals surface area contributed by atoms with E-state index in [1.54, 1.807) is 0 Å². The van der Waals surface area contributed by atoms with Gasteiger partial charge in [-0.05, 0) is 37.5 Å². The maximum atomic E-state index is 13.1. The lowest BCUT2D eigenvalue weighted by Crippen LogP contribution is -2.30. The van der Waals surface area contributed by atoms with Crippen molar-refractivity contribution in [1.82, 2.24) is 0 Å². The van der Waals surface area contributed by atoms with Gasteiger partial charge in [-0.2, -0.15) is 0 Å². The summed E-state index contributed by atoms with van der Waals surface area (Å²) in [4.78, 5) is 72.8. The quantitative estimate of drug-likeness (QED) is 0.0222. The average Bonchev–Trinajstić information content (AvgIpc) is 1.55. The summed E-state index contributed by atoms with van der Waals surface area (Å²) in [6.45, 7) is 9.58. The molecule has 0 aliphatic carbocycles. The highest BCUT2D eigenvalue weighted by Gasteiger charge is 2.30. The van der Waals surface area contributed by atoms with Gasteiger partial charge < -0.3 is 33.8 Å². The van der Waals surface area contributed by atoms with Crippen molar-refractivity contribution in [2.75, 3.05) is 39.6 Å². The second-order valence-electron chi connectivity index (χ2n) is 28.0. The normalized spacial score (nSPS) is 14.0. The van der Waals surface area contributed by atoms with Gasteiger partial charge in [0.25, 0.3) is 0 Å². The molecule has 0 spiro atoms. The Kier molecular flexibility index (Phi) is 65.5. The number of ether oxygens (including phenoxy) is 4. The van der Waals surface area contributed by atoms with E-state index in [1.165, 1.54) is 205 Å². The molecule has 94 heavy (non-hydrogen) atoms. The van der Waals surface area contributed by atoms with Crippen LogP contribution in [0.1, 0.15) is 388 Å². The summed E-state index contributed by atoms with van der Waals surface area (Å²) in [7, 11) is -9.91. The van der Waals surface area contributed by atoms with Crippen molar-refractivity contribution >= 4 is 39.5 Å². The van der Waals surface area contributed by atoms with Gasteiger partial charge in [0, 0.05) is 25.7 Å². The molecule has 0 radical (unpaired) electrons. The Balaban J connectivity index is 5.27. The van der Waals surface area contributed by atoms with Gasteiger partial charge in [-0.15, -0.1) is 0 Å². The van der Waals surface area contributed by atoms with Gasteiger partial charge >= 0.3 is 39.5 Å². The fourth-order valence-corrected chi connectivity index (χ4v) is 13.1. The highest BCUT2D eigenvalue weighted by molar-refractivity contribution is 7.47. The molecule has 0 saturated heterocycles. The topological polar surface area (TPSA) is 237 Å². The molecule has 558 valence electrons.